The van der Waals surface area contributed by atoms with Crippen LogP contribution in [0.5, 0.6) is 0 Å². The van der Waals surface area contributed by atoms with Crippen molar-refractivity contribution in [2.75, 3.05) is 32.8 Å². The fraction of sp³-hybridized carbons (Fsp3) is 0.500. The third-order valence-electron chi connectivity index (χ3n) is 4.15. The smallest absolute Gasteiger partial charge is 0.409 e. The van der Waals surface area contributed by atoms with Gasteiger partial charge >= 0.3 is 6.09 Å². The molecule has 1 aromatic rings. The van der Waals surface area contributed by atoms with Crippen LogP contribution in [0.25, 0.3) is 0 Å². The van der Waals surface area contributed by atoms with Gasteiger partial charge in [-0.2, -0.15) is 0 Å². The monoisotopic (exact) mass is 347 g/mol. The lowest BCUT2D eigenvalue weighted by Gasteiger charge is -2.35. The maximum absolute atomic E-state index is 12.5. The largest absolute Gasteiger partial charge is 0.450 e. The number of carbonyl (C=O) groups excluding carboxylic acids is 3. The highest BCUT2D eigenvalue weighted by Crippen LogP contribution is 2.07. The first-order valence-electron chi connectivity index (χ1n) is 8.50. The van der Waals surface area contributed by atoms with Gasteiger partial charge in [-0.1, -0.05) is 17.7 Å². The zero-order valence-electron chi connectivity index (χ0n) is 14.9. The van der Waals surface area contributed by atoms with Gasteiger partial charge in [0.1, 0.15) is 6.04 Å². The predicted molar refractivity (Wildman–Crippen MR) is 93.3 cm³/mol. The summed E-state index contributed by atoms with van der Waals surface area (Å²) in [7, 11) is 0. The molecule has 136 valence electrons. The molecule has 1 atom stereocenters. The van der Waals surface area contributed by atoms with Crippen molar-refractivity contribution in [3.63, 3.8) is 0 Å². The highest BCUT2D eigenvalue weighted by atomic mass is 16.6. The lowest BCUT2D eigenvalue weighted by molar-refractivity contribution is -0.134. The van der Waals surface area contributed by atoms with Gasteiger partial charge in [0.15, 0.2) is 0 Å². The predicted octanol–water partition coefficient (Wildman–Crippen LogP) is 1.41. The van der Waals surface area contributed by atoms with Crippen LogP contribution in [0, 0.1) is 6.92 Å². The van der Waals surface area contributed by atoms with E-state index in [0.29, 0.717) is 38.3 Å². The molecule has 1 aliphatic heterocycles. The highest BCUT2D eigenvalue weighted by Gasteiger charge is 2.28. The van der Waals surface area contributed by atoms with Gasteiger partial charge in [0, 0.05) is 31.7 Å². The summed E-state index contributed by atoms with van der Waals surface area (Å²) in [6.07, 6.45) is -0.352. The summed E-state index contributed by atoms with van der Waals surface area (Å²) >= 11 is 0. The lowest BCUT2D eigenvalue weighted by Crippen LogP contribution is -2.55. The maximum atomic E-state index is 12.5. The van der Waals surface area contributed by atoms with Crippen LogP contribution in [0.4, 0.5) is 4.79 Å². The van der Waals surface area contributed by atoms with Crippen molar-refractivity contribution in [2.24, 2.45) is 0 Å². The van der Waals surface area contributed by atoms with Crippen molar-refractivity contribution >= 4 is 17.9 Å². The summed E-state index contributed by atoms with van der Waals surface area (Å²) in [5, 5.41) is 2.73. The standard InChI is InChI=1S/C18H25N3O4/c1-4-25-18(24)21-11-9-20(10-12-21)17(23)14(3)19-16(22)15-7-5-13(2)6-8-15/h5-8,14H,4,9-12H2,1-3H3,(H,19,22)/t14-/m0/s1. The fourth-order valence-electron chi connectivity index (χ4n) is 2.64. The summed E-state index contributed by atoms with van der Waals surface area (Å²) in [6, 6.07) is 6.56. The third kappa shape index (κ3) is 4.95. The molecule has 3 amide bonds. The zero-order valence-corrected chi connectivity index (χ0v) is 14.9. The Balaban J connectivity index is 1.85. The minimum absolute atomic E-state index is 0.149. The molecular weight excluding hydrogens is 322 g/mol. The topological polar surface area (TPSA) is 79.0 Å². The molecule has 1 N–H and O–H groups in total. The molecule has 1 saturated heterocycles. The second-order valence-corrected chi connectivity index (χ2v) is 6.07. The van der Waals surface area contributed by atoms with Crippen molar-refractivity contribution in [3.8, 4) is 0 Å². The van der Waals surface area contributed by atoms with Crippen molar-refractivity contribution in [1.82, 2.24) is 15.1 Å². The quantitative estimate of drug-likeness (QED) is 0.893. The number of nitrogens with one attached hydrogen (secondary N) is 1. The molecule has 1 aromatic carbocycles. The van der Waals surface area contributed by atoms with E-state index in [1.54, 1.807) is 35.8 Å². The number of nitrogens with zero attached hydrogens (tertiary/aromatic N) is 2. The number of piperazine rings is 1. The van der Waals surface area contributed by atoms with Gasteiger partial charge in [-0.15, -0.1) is 0 Å². The van der Waals surface area contributed by atoms with Crippen molar-refractivity contribution < 1.29 is 19.1 Å². The van der Waals surface area contributed by atoms with Crippen LogP contribution >= 0.6 is 0 Å². The van der Waals surface area contributed by atoms with E-state index in [1.807, 2.05) is 19.1 Å². The van der Waals surface area contributed by atoms with Gasteiger partial charge in [-0.05, 0) is 32.9 Å². The third-order valence-corrected chi connectivity index (χ3v) is 4.15. The van der Waals surface area contributed by atoms with Crippen molar-refractivity contribution in [3.05, 3.63) is 35.4 Å². The summed E-state index contributed by atoms with van der Waals surface area (Å²) in [6.45, 7) is 7.45. The van der Waals surface area contributed by atoms with Gasteiger partial charge in [0.05, 0.1) is 6.61 Å². The Hall–Kier alpha value is -2.57. The van der Waals surface area contributed by atoms with E-state index < -0.39 is 6.04 Å². The highest BCUT2D eigenvalue weighted by molar-refractivity contribution is 5.97. The van der Waals surface area contributed by atoms with Crippen LogP contribution < -0.4 is 5.32 Å². The molecule has 1 fully saturated rings. The van der Waals surface area contributed by atoms with Crippen LogP contribution in [0.2, 0.25) is 0 Å². The molecule has 1 aliphatic rings. The van der Waals surface area contributed by atoms with Crippen molar-refractivity contribution in [2.45, 2.75) is 26.8 Å². The first kappa shape index (κ1) is 18.8. The number of carbonyl (C=O) groups is 3. The molecule has 1 heterocycles. The Labute approximate surface area is 147 Å². The Bertz CT molecular complexity index is 622. The Morgan fingerprint density at radius 2 is 1.64 bits per heavy atom. The number of aryl methyl sites for hydroxylation is 1. The minimum Gasteiger partial charge on any atom is -0.450 e. The van der Waals surface area contributed by atoms with Crippen LogP contribution in [0.15, 0.2) is 24.3 Å². The second-order valence-electron chi connectivity index (χ2n) is 6.07. The second kappa shape index (κ2) is 8.50. The first-order chi connectivity index (χ1) is 11.9. The lowest BCUT2D eigenvalue weighted by atomic mass is 10.1. The van der Waals surface area contributed by atoms with E-state index in [-0.39, 0.29) is 17.9 Å². The van der Waals surface area contributed by atoms with Crippen LogP contribution in [0.1, 0.15) is 29.8 Å². The summed E-state index contributed by atoms with van der Waals surface area (Å²) < 4.78 is 4.96. The van der Waals surface area contributed by atoms with E-state index in [9.17, 15) is 14.4 Å². The van der Waals surface area contributed by atoms with Gasteiger partial charge in [0.25, 0.3) is 5.91 Å². The molecule has 0 saturated carbocycles. The minimum atomic E-state index is -0.622. The van der Waals surface area contributed by atoms with E-state index in [4.69, 9.17) is 4.74 Å². The maximum Gasteiger partial charge on any atom is 0.409 e. The molecule has 0 spiro atoms. The number of hydrogen-bond donors (Lipinski definition) is 1. The van der Waals surface area contributed by atoms with Crippen LogP contribution in [0.3, 0.4) is 0 Å². The Kier molecular flexibility index (Phi) is 6.38. The molecule has 0 unspecified atom stereocenters. The normalized spacial score (nSPS) is 15.5. The summed E-state index contributed by atoms with van der Waals surface area (Å²) in [5.74, 6) is -0.421. The first-order valence-corrected chi connectivity index (χ1v) is 8.50. The SMILES string of the molecule is CCOC(=O)N1CCN(C(=O)[C@H](C)NC(=O)c2ccc(C)cc2)CC1. The van der Waals surface area contributed by atoms with Gasteiger partial charge in [-0.3, -0.25) is 9.59 Å². The molecule has 7 heteroatoms. The van der Waals surface area contributed by atoms with Gasteiger partial charge in [-0.25, -0.2) is 4.79 Å². The fourth-order valence-corrected chi connectivity index (χ4v) is 2.64. The molecule has 0 radical (unpaired) electrons. The van der Waals surface area contributed by atoms with E-state index in [0.717, 1.165) is 5.56 Å². The molecule has 25 heavy (non-hydrogen) atoms. The molecule has 0 bridgehead atoms. The van der Waals surface area contributed by atoms with Crippen LogP contribution in [-0.2, 0) is 9.53 Å². The van der Waals surface area contributed by atoms with Crippen molar-refractivity contribution in [1.29, 1.82) is 0 Å². The van der Waals surface area contributed by atoms with Crippen LogP contribution in [-0.4, -0.2) is 66.5 Å². The molecule has 2 rings (SSSR count). The Morgan fingerprint density at radius 1 is 1.08 bits per heavy atom. The van der Waals surface area contributed by atoms with E-state index >= 15 is 0 Å². The molecule has 0 aliphatic carbocycles. The number of hydrogen-bond acceptors (Lipinski definition) is 4. The summed E-state index contributed by atoms with van der Waals surface area (Å²) in [4.78, 5) is 39.6. The Morgan fingerprint density at radius 3 is 2.20 bits per heavy atom. The van der Waals surface area contributed by atoms with E-state index in [1.165, 1.54) is 0 Å². The average Bonchev–Trinajstić information content (AvgIpc) is 2.61. The number of ether oxygens (including phenoxy) is 1. The molecule has 0 aromatic heterocycles. The number of amides is 3. The average molecular weight is 347 g/mol. The molecule has 7 nitrogen and oxygen atoms in total. The number of rotatable bonds is 4. The van der Waals surface area contributed by atoms with E-state index in [2.05, 4.69) is 5.32 Å². The number of benzene rings is 1. The zero-order chi connectivity index (χ0) is 18.4. The summed E-state index contributed by atoms with van der Waals surface area (Å²) in [5.41, 5.74) is 1.59. The molecular formula is C18H25N3O4. The van der Waals surface area contributed by atoms with Gasteiger partial charge < -0.3 is 19.9 Å². The van der Waals surface area contributed by atoms with Gasteiger partial charge in [0.2, 0.25) is 5.91 Å².